The van der Waals surface area contributed by atoms with Crippen LogP contribution < -0.4 is 10.6 Å². The van der Waals surface area contributed by atoms with E-state index in [1.807, 2.05) is 36.7 Å². The molecule has 1 heterocycles. The third-order valence-electron chi connectivity index (χ3n) is 2.60. The Hall–Kier alpha value is -1.10. The van der Waals surface area contributed by atoms with Gasteiger partial charge in [0.15, 0.2) is 0 Å². The van der Waals surface area contributed by atoms with Gasteiger partial charge < -0.3 is 10.6 Å². The van der Waals surface area contributed by atoms with Gasteiger partial charge in [0, 0.05) is 16.8 Å². The number of rotatable bonds is 5. The van der Waals surface area contributed by atoms with Crippen LogP contribution in [0.15, 0.2) is 29.6 Å². The smallest absolute Gasteiger partial charge is 0.251 e. The Morgan fingerprint density at radius 3 is 2.89 bits per heavy atom. The molecule has 2 rings (SSSR count). The minimum absolute atomic E-state index is 0. The molecule has 0 bridgehead atoms. The second-order valence-electron chi connectivity index (χ2n) is 3.89. The van der Waals surface area contributed by atoms with Gasteiger partial charge in [0.05, 0.1) is 0 Å². The predicted molar refractivity (Wildman–Crippen MR) is 79.9 cm³/mol. The molecule has 0 atom stereocenters. The fourth-order valence-electron chi connectivity index (χ4n) is 1.68. The highest BCUT2D eigenvalue weighted by atomic mass is 35.5. The average molecular weight is 285 g/mol. The van der Waals surface area contributed by atoms with E-state index in [2.05, 4.69) is 10.6 Å². The second-order valence-corrected chi connectivity index (χ2v) is 4.83. The molecule has 0 saturated heterocycles. The van der Waals surface area contributed by atoms with Gasteiger partial charge >= 0.3 is 0 Å². The minimum Gasteiger partial charge on any atom is -0.352 e. The van der Waals surface area contributed by atoms with Crippen LogP contribution in [0.5, 0.6) is 0 Å². The minimum atomic E-state index is 0. The molecule has 1 amide bonds. The standard InChI is InChI=1S/C13H16N2OS.ClH/c1-14-6-2-7-15-13(16)11-3-4-12-10(9-11)5-8-17-12;/h3-5,8-9,14H,2,6-7H2,1H3,(H,15,16);1H. The number of nitrogens with one attached hydrogen (secondary N) is 2. The highest BCUT2D eigenvalue weighted by Crippen LogP contribution is 2.21. The number of fused-ring (bicyclic) bond motifs is 1. The van der Waals surface area contributed by atoms with Crippen LogP contribution in [0.4, 0.5) is 0 Å². The van der Waals surface area contributed by atoms with Crippen LogP contribution in [0.25, 0.3) is 10.1 Å². The summed E-state index contributed by atoms with van der Waals surface area (Å²) in [6, 6.07) is 7.87. The Kier molecular flexibility index (Phi) is 6.12. The van der Waals surface area contributed by atoms with E-state index in [1.54, 1.807) is 11.3 Å². The fourth-order valence-corrected chi connectivity index (χ4v) is 2.45. The molecule has 0 aliphatic heterocycles. The molecule has 98 valence electrons. The van der Waals surface area contributed by atoms with Crippen molar-refractivity contribution in [1.82, 2.24) is 10.6 Å². The van der Waals surface area contributed by atoms with Gasteiger partial charge in [0.2, 0.25) is 0 Å². The molecular weight excluding hydrogens is 268 g/mol. The molecule has 18 heavy (non-hydrogen) atoms. The third kappa shape index (κ3) is 3.70. The van der Waals surface area contributed by atoms with Crippen molar-refractivity contribution < 1.29 is 4.79 Å². The van der Waals surface area contributed by atoms with Crippen LogP contribution in [0.2, 0.25) is 0 Å². The lowest BCUT2D eigenvalue weighted by atomic mass is 10.1. The molecular formula is C13H17ClN2OS. The summed E-state index contributed by atoms with van der Waals surface area (Å²) < 4.78 is 1.22. The van der Waals surface area contributed by atoms with Gasteiger partial charge in [-0.3, -0.25) is 4.79 Å². The van der Waals surface area contributed by atoms with Gasteiger partial charge in [-0.25, -0.2) is 0 Å². The van der Waals surface area contributed by atoms with E-state index < -0.39 is 0 Å². The van der Waals surface area contributed by atoms with E-state index in [-0.39, 0.29) is 18.3 Å². The number of carbonyl (C=O) groups excluding carboxylic acids is 1. The van der Waals surface area contributed by atoms with E-state index in [1.165, 1.54) is 4.70 Å². The molecule has 0 radical (unpaired) electrons. The first-order chi connectivity index (χ1) is 8.31. The van der Waals surface area contributed by atoms with Crippen molar-refractivity contribution >= 4 is 39.7 Å². The lowest BCUT2D eigenvalue weighted by Gasteiger charge is -2.05. The number of amides is 1. The molecule has 0 unspecified atom stereocenters. The van der Waals surface area contributed by atoms with E-state index in [4.69, 9.17) is 0 Å². The van der Waals surface area contributed by atoms with Crippen molar-refractivity contribution in [3.8, 4) is 0 Å². The number of hydrogen-bond acceptors (Lipinski definition) is 3. The SMILES string of the molecule is CNCCCNC(=O)c1ccc2sccc2c1.Cl. The van der Waals surface area contributed by atoms with Crippen LogP contribution in [0.1, 0.15) is 16.8 Å². The largest absolute Gasteiger partial charge is 0.352 e. The van der Waals surface area contributed by atoms with Crippen LogP contribution in [-0.2, 0) is 0 Å². The Bertz CT molecular complexity index is 512. The van der Waals surface area contributed by atoms with Gasteiger partial charge in [-0.05, 0) is 55.0 Å². The quantitative estimate of drug-likeness (QED) is 0.829. The van der Waals surface area contributed by atoms with E-state index in [9.17, 15) is 4.79 Å². The molecule has 0 aliphatic rings. The third-order valence-corrected chi connectivity index (χ3v) is 3.50. The zero-order chi connectivity index (χ0) is 12.1. The maximum atomic E-state index is 11.8. The number of hydrogen-bond donors (Lipinski definition) is 2. The van der Waals surface area contributed by atoms with Crippen molar-refractivity contribution in [1.29, 1.82) is 0 Å². The number of carbonyl (C=O) groups is 1. The molecule has 3 nitrogen and oxygen atoms in total. The molecule has 2 N–H and O–H groups in total. The van der Waals surface area contributed by atoms with Gasteiger partial charge in [-0.15, -0.1) is 23.7 Å². The Morgan fingerprint density at radius 1 is 1.28 bits per heavy atom. The van der Waals surface area contributed by atoms with Crippen molar-refractivity contribution in [3.63, 3.8) is 0 Å². The first-order valence-electron chi connectivity index (χ1n) is 5.71. The molecule has 0 spiro atoms. The summed E-state index contributed by atoms with van der Waals surface area (Å²) in [5.41, 5.74) is 0.736. The number of halogens is 1. The summed E-state index contributed by atoms with van der Waals surface area (Å²) >= 11 is 1.69. The normalized spacial score (nSPS) is 10.1. The summed E-state index contributed by atoms with van der Waals surface area (Å²) in [6.45, 7) is 1.63. The summed E-state index contributed by atoms with van der Waals surface area (Å²) in [4.78, 5) is 11.8. The molecule has 0 fully saturated rings. The molecule has 1 aromatic heterocycles. The molecule has 5 heteroatoms. The monoisotopic (exact) mass is 284 g/mol. The summed E-state index contributed by atoms with van der Waals surface area (Å²) in [5.74, 6) is 0.00852. The van der Waals surface area contributed by atoms with Crippen molar-refractivity contribution in [3.05, 3.63) is 35.2 Å². The molecule has 2 aromatic rings. The number of thiophene rings is 1. The Labute approximate surface area is 117 Å². The Morgan fingerprint density at radius 2 is 2.11 bits per heavy atom. The van der Waals surface area contributed by atoms with Gasteiger partial charge in [0.25, 0.3) is 5.91 Å². The average Bonchev–Trinajstić information content (AvgIpc) is 2.81. The van der Waals surface area contributed by atoms with Crippen LogP contribution in [-0.4, -0.2) is 26.0 Å². The lowest BCUT2D eigenvalue weighted by Crippen LogP contribution is -2.26. The van der Waals surface area contributed by atoms with Gasteiger partial charge in [0.1, 0.15) is 0 Å². The van der Waals surface area contributed by atoms with E-state index >= 15 is 0 Å². The summed E-state index contributed by atoms with van der Waals surface area (Å²) in [6.07, 6.45) is 0.947. The first-order valence-corrected chi connectivity index (χ1v) is 6.59. The predicted octanol–water partition coefficient (Wildman–Crippen LogP) is 2.66. The summed E-state index contributed by atoms with van der Waals surface area (Å²) in [7, 11) is 1.91. The highest BCUT2D eigenvalue weighted by molar-refractivity contribution is 7.17. The van der Waals surface area contributed by atoms with E-state index in [0.29, 0.717) is 6.54 Å². The molecule has 0 aliphatic carbocycles. The van der Waals surface area contributed by atoms with Crippen molar-refractivity contribution in [2.45, 2.75) is 6.42 Å². The highest BCUT2D eigenvalue weighted by Gasteiger charge is 2.05. The topological polar surface area (TPSA) is 41.1 Å². The van der Waals surface area contributed by atoms with E-state index in [0.717, 1.165) is 23.9 Å². The zero-order valence-electron chi connectivity index (χ0n) is 10.2. The molecule has 0 saturated carbocycles. The lowest BCUT2D eigenvalue weighted by molar-refractivity contribution is 0.0953. The van der Waals surface area contributed by atoms with Gasteiger partial charge in [-0.2, -0.15) is 0 Å². The van der Waals surface area contributed by atoms with Crippen LogP contribution >= 0.6 is 23.7 Å². The first kappa shape index (κ1) is 15.0. The number of benzene rings is 1. The summed E-state index contributed by atoms with van der Waals surface area (Å²) in [5, 5.41) is 9.14. The molecule has 1 aromatic carbocycles. The maximum absolute atomic E-state index is 11.8. The fraction of sp³-hybridized carbons (Fsp3) is 0.308. The zero-order valence-corrected chi connectivity index (χ0v) is 11.9. The van der Waals surface area contributed by atoms with Gasteiger partial charge in [-0.1, -0.05) is 0 Å². The van der Waals surface area contributed by atoms with Crippen LogP contribution in [0, 0.1) is 0 Å². The van der Waals surface area contributed by atoms with Crippen molar-refractivity contribution in [2.24, 2.45) is 0 Å². The Balaban J connectivity index is 0.00000162. The van der Waals surface area contributed by atoms with Crippen LogP contribution in [0.3, 0.4) is 0 Å². The second kappa shape index (κ2) is 7.36. The maximum Gasteiger partial charge on any atom is 0.251 e. The van der Waals surface area contributed by atoms with Crippen molar-refractivity contribution in [2.75, 3.05) is 20.1 Å².